The topological polar surface area (TPSA) is 93.1 Å². The molecule has 0 unspecified atom stereocenters. The molecule has 2 heterocycles. The number of halogens is 1. The molecular weight excluding hydrogens is 392 g/mol. The summed E-state index contributed by atoms with van der Waals surface area (Å²) < 4.78 is 11.1. The van der Waals surface area contributed by atoms with E-state index in [1.165, 1.54) is 11.3 Å². The molecule has 1 aliphatic rings. The Hall–Kier alpha value is -2.09. The number of hydrogen-bond donors (Lipinski definition) is 2. The van der Waals surface area contributed by atoms with Gasteiger partial charge in [-0.1, -0.05) is 11.6 Å². The fraction of sp³-hybridized carbons (Fsp3) is 0.368. The van der Waals surface area contributed by atoms with Crippen molar-refractivity contribution in [2.45, 2.75) is 26.2 Å². The number of hydrogen-bond acceptors (Lipinski definition) is 5. The standard InChI is InChI=1S/C17H17ClO4S.C2H4O2/c18-12-1-3-13(4-2-12)22-14-9-15(23-11-14)10-17(16(19)20)5-7-21-8-6-17;1-2(3)4/h1-4,9,11H,5-8,10H2,(H,19,20);1H3,(H,3,4). The zero-order valence-corrected chi connectivity index (χ0v) is 16.4. The molecule has 27 heavy (non-hydrogen) atoms. The highest BCUT2D eigenvalue weighted by Crippen LogP contribution is 2.38. The molecule has 0 bridgehead atoms. The monoisotopic (exact) mass is 412 g/mol. The molecule has 1 aromatic carbocycles. The van der Waals surface area contributed by atoms with Gasteiger partial charge in [-0.05, 0) is 49.6 Å². The predicted octanol–water partition coefficient (Wildman–Crippen LogP) is 4.71. The van der Waals surface area contributed by atoms with E-state index < -0.39 is 17.4 Å². The minimum Gasteiger partial charge on any atom is -0.481 e. The van der Waals surface area contributed by atoms with E-state index in [1.807, 2.05) is 11.4 Å². The highest BCUT2D eigenvalue weighted by molar-refractivity contribution is 7.10. The minimum atomic E-state index is -0.833. The van der Waals surface area contributed by atoms with Crippen LogP contribution in [0, 0.1) is 5.41 Å². The van der Waals surface area contributed by atoms with E-state index in [-0.39, 0.29) is 0 Å². The molecule has 2 aromatic rings. The van der Waals surface area contributed by atoms with Gasteiger partial charge in [-0.2, -0.15) is 0 Å². The fourth-order valence-electron chi connectivity index (χ4n) is 2.71. The van der Waals surface area contributed by atoms with E-state index >= 15 is 0 Å². The molecule has 146 valence electrons. The third kappa shape index (κ3) is 6.53. The van der Waals surface area contributed by atoms with E-state index in [0.29, 0.717) is 43.2 Å². The zero-order valence-electron chi connectivity index (χ0n) is 14.8. The molecule has 1 aromatic heterocycles. The van der Waals surface area contributed by atoms with Crippen molar-refractivity contribution in [2.75, 3.05) is 13.2 Å². The van der Waals surface area contributed by atoms with Gasteiger partial charge in [-0.3, -0.25) is 9.59 Å². The molecule has 0 saturated carbocycles. The lowest BCUT2D eigenvalue weighted by atomic mass is 9.77. The SMILES string of the molecule is CC(=O)O.O=C(O)C1(Cc2cc(Oc3ccc(Cl)cc3)cs2)CCOCC1. The highest BCUT2D eigenvalue weighted by atomic mass is 35.5. The van der Waals surface area contributed by atoms with Crippen LogP contribution in [0.5, 0.6) is 11.5 Å². The fourth-order valence-corrected chi connectivity index (χ4v) is 3.76. The first kappa shape index (κ1) is 21.2. The van der Waals surface area contributed by atoms with Crippen molar-refractivity contribution in [3.05, 3.63) is 45.6 Å². The first-order valence-corrected chi connectivity index (χ1v) is 9.58. The second-order valence-corrected chi connectivity index (χ2v) is 7.63. The molecule has 1 saturated heterocycles. The van der Waals surface area contributed by atoms with Gasteiger partial charge in [0, 0.05) is 35.4 Å². The van der Waals surface area contributed by atoms with Crippen molar-refractivity contribution in [2.24, 2.45) is 5.41 Å². The Morgan fingerprint density at radius 2 is 1.78 bits per heavy atom. The van der Waals surface area contributed by atoms with Gasteiger partial charge in [0.05, 0.1) is 5.41 Å². The second kappa shape index (κ2) is 9.73. The van der Waals surface area contributed by atoms with Gasteiger partial charge in [0.25, 0.3) is 5.97 Å². The summed E-state index contributed by atoms with van der Waals surface area (Å²) in [5.74, 6) is -0.146. The molecule has 0 aliphatic carbocycles. The second-order valence-electron chi connectivity index (χ2n) is 6.20. The van der Waals surface area contributed by atoms with Gasteiger partial charge in [0.2, 0.25) is 0 Å². The molecule has 0 radical (unpaired) electrons. The van der Waals surface area contributed by atoms with Crippen molar-refractivity contribution in [3.8, 4) is 11.5 Å². The van der Waals surface area contributed by atoms with E-state index in [1.54, 1.807) is 24.3 Å². The molecular formula is C19H21ClO6S. The molecule has 6 nitrogen and oxygen atoms in total. The summed E-state index contributed by atoms with van der Waals surface area (Å²) in [6, 6.07) is 9.06. The van der Waals surface area contributed by atoms with Crippen molar-refractivity contribution in [1.29, 1.82) is 0 Å². The number of carboxylic acid groups (broad SMARTS) is 2. The molecule has 1 aliphatic heterocycles. The largest absolute Gasteiger partial charge is 0.481 e. The van der Waals surface area contributed by atoms with Crippen LogP contribution in [0.15, 0.2) is 35.7 Å². The van der Waals surface area contributed by atoms with Crippen LogP contribution in [0.4, 0.5) is 0 Å². The first-order valence-electron chi connectivity index (χ1n) is 8.32. The van der Waals surface area contributed by atoms with E-state index in [2.05, 4.69) is 0 Å². The number of thiophene rings is 1. The quantitative estimate of drug-likeness (QED) is 0.738. The zero-order chi connectivity index (χ0) is 19.9. The summed E-state index contributed by atoms with van der Waals surface area (Å²) in [7, 11) is 0. The summed E-state index contributed by atoms with van der Waals surface area (Å²) in [6.45, 7) is 2.09. The van der Waals surface area contributed by atoms with Gasteiger partial charge < -0.3 is 19.7 Å². The van der Waals surface area contributed by atoms with Crippen molar-refractivity contribution < 1.29 is 29.3 Å². The molecule has 8 heteroatoms. The Labute approximate surface area is 166 Å². The molecule has 0 atom stereocenters. The van der Waals surface area contributed by atoms with E-state index in [0.717, 1.165) is 17.6 Å². The number of carboxylic acids is 2. The van der Waals surface area contributed by atoms with Crippen molar-refractivity contribution in [1.82, 2.24) is 0 Å². The van der Waals surface area contributed by atoms with Crippen LogP contribution in [0.2, 0.25) is 5.02 Å². The normalized spacial score (nSPS) is 15.3. The van der Waals surface area contributed by atoms with Gasteiger partial charge in [-0.15, -0.1) is 11.3 Å². The third-order valence-corrected chi connectivity index (χ3v) is 5.26. The number of aliphatic carboxylic acids is 2. The summed E-state index contributed by atoms with van der Waals surface area (Å²) in [4.78, 5) is 21.7. The van der Waals surface area contributed by atoms with E-state index in [9.17, 15) is 9.90 Å². The lowest BCUT2D eigenvalue weighted by Gasteiger charge is -2.32. The highest BCUT2D eigenvalue weighted by Gasteiger charge is 2.40. The average molecular weight is 413 g/mol. The average Bonchev–Trinajstić information content (AvgIpc) is 3.04. The van der Waals surface area contributed by atoms with Crippen LogP contribution >= 0.6 is 22.9 Å². The summed E-state index contributed by atoms with van der Waals surface area (Å²) in [5.41, 5.74) is -0.722. The maximum atomic E-state index is 11.7. The lowest BCUT2D eigenvalue weighted by Crippen LogP contribution is -2.38. The number of ether oxygens (including phenoxy) is 2. The van der Waals surface area contributed by atoms with Crippen LogP contribution in [0.3, 0.4) is 0 Å². The Morgan fingerprint density at radius 3 is 2.33 bits per heavy atom. The number of carbonyl (C=O) groups is 2. The van der Waals surface area contributed by atoms with Crippen molar-refractivity contribution in [3.63, 3.8) is 0 Å². The van der Waals surface area contributed by atoms with Gasteiger partial charge in [0.15, 0.2) is 0 Å². The first-order chi connectivity index (χ1) is 12.8. The Morgan fingerprint density at radius 1 is 1.19 bits per heavy atom. The molecule has 2 N–H and O–H groups in total. The smallest absolute Gasteiger partial charge is 0.310 e. The van der Waals surface area contributed by atoms with Crippen LogP contribution in [-0.4, -0.2) is 35.4 Å². The van der Waals surface area contributed by atoms with E-state index in [4.69, 9.17) is 31.0 Å². The number of benzene rings is 1. The Balaban J connectivity index is 0.000000596. The third-order valence-electron chi connectivity index (χ3n) is 4.10. The van der Waals surface area contributed by atoms with Crippen LogP contribution in [-0.2, 0) is 20.7 Å². The molecule has 0 amide bonds. The maximum absolute atomic E-state index is 11.7. The van der Waals surface area contributed by atoms with Gasteiger partial charge >= 0.3 is 5.97 Å². The van der Waals surface area contributed by atoms with Crippen LogP contribution in [0.1, 0.15) is 24.6 Å². The van der Waals surface area contributed by atoms with Gasteiger partial charge in [0.1, 0.15) is 11.5 Å². The van der Waals surface area contributed by atoms with Crippen molar-refractivity contribution >= 4 is 34.9 Å². The molecule has 1 fully saturated rings. The Kier molecular flexibility index (Phi) is 7.65. The minimum absolute atomic E-state index is 0.506. The number of rotatable bonds is 5. The lowest BCUT2D eigenvalue weighted by molar-refractivity contribution is -0.154. The predicted molar refractivity (Wildman–Crippen MR) is 103 cm³/mol. The Bertz CT molecular complexity index is 761. The molecule has 3 rings (SSSR count). The summed E-state index contributed by atoms with van der Waals surface area (Å²) in [5, 5.41) is 19.6. The summed E-state index contributed by atoms with van der Waals surface area (Å²) in [6.07, 6.45) is 1.61. The maximum Gasteiger partial charge on any atom is 0.310 e. The summed E-state index contributed by atoms with van der Waals surface area (Å²) >= 11 is 7.38. The molecule has 0 spiro atoms. The van der Waals surface area contributed by atoms with Crippen LogP contribution in [0.25, 0.3) is 0 Å². The van der Waals surface area contributed by atoms with Gasteiger partial charge in [-0.25, -0.2) is 0 Å². The van der Waals surface area contributed by atoms with Crippen LogP contribution < -0.4 is 4.74 Å².